The summed E-state index contributed by atoms with van der Waals surface area (Å²) >= 11 is 0. The van der Waals surface area contributed by atoms with Gasteiger partial charge in [0, 0.05) is 22.7 Å². The first-order valence-electron chi connectivity index (χ1n) is 10.4. The fourth-order valence-corrected chi connectivity index (χ4v) is 4.45. The molecule has 0 aliphatic rings. The van der Waals surface area contributed by atoms with E-state index in [4.69, 9.17) is 0 Å². The van der Waals surface area contributed by atoms with Crippen molar-refractivity contribution in [3.63, 3.8) is 0 Å². The van der Waals surface area contributed by atoms with Crippen LogP contribution in [0.1, 0.15) is 49.9 Å². The molecule has 0 aliphatic carbocycles. The molecule has 0 bridgehead atoms. The minimum absolute atomic E-state index is 0.198. The molecule has 2 N–H and O–H groups in total. The van der Waals surface area contributed by atoms with Crippen LogP contribution in [0.4, 0.5) is 0 Å². The Hall–Kier alpha value is -3.61. The first-order valence-corrected chi connectivity index (χ1v) is 10.4. The summed E-state index contributed by atoms with van der Waals surface area (Å²) in [5.41, 5.74) is 2.25. The lowest BCUT2D eigenvalue weighted by atomic mass is 10.0. The highest BCUT2D eigenvalue weighted by molar-refractivity contribution is 5.87. The molecule has 4 rings (SSSR count). The zero-order chi connectivity index (χ0) is 22.3. The van der Waals surface area contributed by atoms with Crippen LogP contribution in [-0.2, 0) is 4.79 Å². The number of nitrogens with one attached hydrogen (secondary N) is 1. The highest BCUT2D eigenvalue weighted by Crippen LogP contribution is 2.30. The minimum atomic E-state index is -1.21. The zero-order valence-corrected chi connectivity index (χ0v) is 17.8. The molecule has 0 fully saturated rings. The molecule has 31 heavy (non-hydrogen) atoms. The Morgan fingerprint density at radius 3 is 2.55 bits per heavy atom. The first kappa shape index (κ1) is 20.7. The Morgan fingerprint density at radius 1 is 1.10 bits per heavy atom. The summed E-state index contributed by atoms with van der Waals surface area (Å²) in [5.74, 6) is -1.18. The number of benzene rings is 2. The van der Waals surface area contributed by atoms with E-state index in [1.165, 1.54) is 4.57 Å². The van der Waals surface area contributed by atoms with Gasteiger partial charge in [0.05, 0.1) is 16.9 Å². The molecular weight excluding hydrogens is 394 g/mol. The molecule has 4 aromatic rings. The average molecular weight is 419 g/mol. The number of aromatic nitrogens is 3. The second-order valence-electron chi connectivity index (χ2n) is 7.91. The van der Waals surface area contributed by atoms with Gasteiger partial charge in [-0.05, 0) is 44.0 Å². The quantitative estimate of drug-likeness (QED) is 0.494. The fraction of sp³-hybridized carbons (Fsp3) is 0.292. The number of nitrogens with zero attached hydrogens (tertiary/aromatic N) is 2. The van der Waals surface area contributed by atoms with Crippen molar-refractivity contribution in [2.75, 3.05) is 0 Å². The number of hydrogen-bond acceptors (Lipinski definition) is 3. The number of aliphatic carboxylic acids is 1. The van der Waals surface area contributed by atoms with E-state index in [-0.39, 0.29) is 6.42 Å². The van der Waals surface area contributed by atoms with E-state index in [0.717, 1.165) is 26.6 Å². The molecular formula is C24H25N3O4. The van der Waals surface area contributed by atoms with Gasteiger partial charge in [-0.3, -0.25) is 9.36 Å². The van der Waals surface area contributed by atoms with Crippen LogP contribution in [0.3, 0.4) is 0 Å². The summed E-state index contributed by atoms with van der Waals surface area (Å²) in [6, 6.07) is 11.2. The van der Waals surface area contributed by atoms with Crippen molar-refractivity contribution in [1.82, 2.24) is 14.1 Å². The number of para-hydroxylation sites is 1. The Kier molecular flexibility index (Phi) is 5.27. The van der Waals surface area contributed by atoms with E-state index in [1.807, 2.05) is 45.2 Å². The number of carboxylic acids is 1. The van der Waals surface area contributed by atoms with Gasteiger partial charge in [0.1, 0.15) is 6.04 Å². The maximum Gasteiger partial charge on any atom is 0.332 e. The van der Waals surface area contributed by atoms with Crippen LogP contribution in [-0.4, -0.2) is 25.2 Å². The van der Waals surface area contributed by atoms with Crippen LogP contribution in [0.5, 0.6) is 0 Å². The van der Waals surface area contributed by atoms with Gasteiger partial charge in [0.2, 0.25) is 0 Å². The number of aryl methyl sites for hydroxylation is 1. The van der Waals surface area contributed by atoms with Crippen LogP contribution in [0.2, 0.25) is 0 Å². The number of rotatable bonds is 6. The van der Waals surface area contributed by atoms with Gasteiger partial charge >= 0.3 is 11.7 Å². The molecule has 0 amide bonds. The highest BCUT2D eigenvalue weighted by Gasteiger charge is 2.27. The van der Waals surface area contributed by atoms with Crippen molar-refractivity contribution in [2.45, 2.75) is 45.7 Å². The smallest absolute Gasteiger partial charge is 0.332 e. The molecule has 0 saturated heterocycles. The maximum atomic E-state index is 13.6. The summed E-state index contributed by atoms with van der Waals surface area (Å²) in [6.45, 7) is 5.74. The van der Waals surface area contributed by atoms with E-state index in [9.17, 15) is 19.5 Å². The second kappa shape index (κ2) is 7.91. The molecule has 0 spiro atoms. The summed E-state index contributed by atoms with van der Waals surface area (Å²) in [6.07, 6.45) is 2.61. The molecule has 2 heterocycles. The molecule has 0 aliphatic heterocycles. The lowest BCUT2D eigenvalue weighted by Gasteiger charge is -2.22. The molecule has 0 radical (unpaired) electrons. The maximum absolute atomic E-state index is 13.6. The predicted octanol–water partition coefficient (Wildman–Crippen LogP) is 3.99. The third-order valence-electron chi connectivity index (χ3n) is 5.97. The van der Waals surface area contributed by atoms with Crippen molar-refractivity contribution < 1.29 is 9.90 Å². The van der Waals surface area contributed by atoms with Crippen LogP contribution < -0.4 is 11.2 Å². The Morgan fingerprint density at radius 2 is 1.84 bits per heavy atom. The normalized spacial score (nSPS) is 13.5. The Labute approximate surface area is 178 Å². The van der Waals surface area contributed by atoms with Crippen molar-refractivity contribution >= 4 is 27.8 Å². The highest BCUT2D eigenvalue weighted by atomic mass is 16.4. The van der Waals surface area contributed by atoms with Gasteiger partial charge in [0.25, 0.3) is 5.56 Å². The van der Waals surface area contributed by atoms with Crippen LogP contribution in [0, 0.1) is 6.92 Å². The van der Waals surface area contributed by atoms with E-state index < -0.39 is 29.3 Å². The van der Waals surface area contributed by atoms with E-state index in [0.29, 0.717) is 17.3 Å². The van der Waals surface area contributed by atoms with Gasteiger partial charge in [-0.1, -0.05) is 37.6 Å². The molecule has 0 saturated carbocycles. The number of carboxylic acid groups (broad SMARTS) is 1. The average Bonchev–Trinajstić information content (AvgIpc) is 3.18. The standard InChI is InChI=1S/C24H25N3O4/c1-4-8-20(23(29)30)27-22(28)16-10-5-6-12-19(16)26(24(27)31)15(3)17-13-25-18-11-7-9-14(2)21(17)18/h5-7,9-13,15,20,25H,4,8H2,1-3H3,(H,29,30)/t15?,20-/m1/s1. The summed E-state index contributed by atoms with van der Waals surface area (Å²) in [7, 11) is 0. The van der Waals surface area contributed by atoms with Crippen molar-refractivity contribution in [2.24, 2.45) is 0 Å². The minimum Gasteiger partial charge on any atom is -0.480 e. The molecule has 160 valence electrons. The zero-order valence-electron chi connectivity index (χ0n) is 17.8. The van der Waals surface area contributed by atoms with E-state index in [2.05, 4.69) is 4.98 Å². The fourth-order valence-electron chi connectivity index (χ4n) is 4.45. The molecule has 2 aromatic carbocycles. The third-order valence-corrected chi connectivity index (χ3v) is 5.97. The van der Waals surface area contributed by atoms with Crippen LogP contribution >= 0.6 is 0 Å². The Bertz CT molecular complexity index is 1410. The summed E-state index contributed by atoms with van der Waals surface area (Å²) in [4.78, 5) is 42.0. The summed E-state index contributed by atoms with van der Waals surface area (Å²) < 4.78 is 2.45. The number of H-pyrrole nitrogens is 1. The van der Waals surface area contributed by atoms with Crippen molar-refractivity contribution in [3.8, 4) is 0 Å². The third kappa shape index (κ3) is 3.26. The first-order chi connectivity index (χ1) is 14.9. The monoisotopic (exact) mass is 419 g/mol. The van der Waals surface area contributed by atoms with Gasteiger partial charge in [-0.2, -0.15) is 0 Å². The van der Waals surface area contributed by atoms with Gasteiger partial charge in [-0.15, -0.1) is 0 Å². The predicted molar refractivity (Wildman–Crippen MR) is 121 cm³/mol. The van der Waals surface area contributed by atoms with Crippen molar-refractivity contribution in [3.05, 3.63) is 80.6 Å². The van der Waals surface area contributed by atoms with Crippen LogP contribution in [0.15, 0.2) is 58.3 Å². The lowest BCUT2D eigenvalue weighted by molar-refractivity contribution is -0.141. The van der Waals surface area contributed by atoms with Crippen molar-refractivity contribution in [1.29, 1.82) is 0 Å². The second-order valence-corrected chi connectivity index (χ2v) is 7.91. The van der Waals surface area contributed by atoms with Crippen LogP contribution in [0.25, 0.3) is 21.8 Å². The topological polar surface area (TPSA) is 97.1 Å². The number of aromatic amines is 1. The molecule has 7 heteroatoms. The van der Waals surface area contributed by atoms with Gasteiger partial charge in [-0.25, -0.2) is 14.2 Å². The largest absolute Gasteiger partial charge is 0.480 e. The summed E-state index contributed by atoms with van der Waals surface area (Å²) in [5, 5.41) is 11.1. The molecule has 2 aromatic heterocycles. The molecule has 2 atom stereocenters. The number of hydrogen-bond donors (Lipinski definition) is 2. The molecule has 1 unspecified atom stereocenters. The SMILES string of the molecule is CCC[C@H](C(=O)O)n1c(=O)c2ccccc2n(C(C)c2c[nH]c3cccc(C)c23)c1=O. The number of fused-ring (bicyclic) bond motifs is 2. The van der Waals surface area contributed by atoms with Gasteiger partial charge < -0.3 is 10.1 Å². The number of carbonyl (C=O) groups is 1. The van der Waals surface area contributed by atoms with E-state index >= 15 is 0 Å². The van der Waals surface area contributed by atoms with Gasteiger partial charge in [0.15, 0.2) is 0 Å². The van der Waals surface area contributed by atoms with E-state index in [1.54, 1.807) is 24.3 Å². The molecule has 7 nitrogen and oxygen atoms in total. The lowest BCUT2D eigenvalue weighted by Crippen LogP contribution is -2.45. The Balaban J connectivity index is 2.07.